The molecule has 2 aromatic carbocycles. The van der Waals surface area contributed by atoms with Crippen LogP contribution in [0.1, 0.15) is 22.8 Å². The molecule has 0 spiro atoms. The molecule has 1 N–H and O–H groups in total. The zero-order valence-electron chi connectivity index (χ0n) is 16.3. The lowest BCUT2D eigenvalue weighted by molar-refractivity contribution is 0.0954. The van der Waals surface area contributed by atoms with Crippen LogP contribution in [0, 0.1) is 15.9 Å². The lowest BCUT2D eigenvalue weighted by atomic mass is 10.2. The molecule has 2 rings (SSSR count). The molecule has 0 saturated carbocycles. The Balaban J connectivity index is 2.15. The van der Waals surface area contributed by atoms with Gasteiger partial charge in [0.05, 0.1) is 30.6 Å². The first-order valence-electron chi connectivity index (χ1n) is 8.62. The van der Waals surface area contributed by atoms with Gasteiger partial charge < -0.3 is 18.9 Å². The fourth-order valence-corrected chi connectivity index (χ4v) is 3.17. The topological polar surface area (TPSA) is 78.4 Å². The van der Waals surface area contributed by atoms with E-state index in [4.69, 9.17) is 25.4 Å². The molecule has 0 unspecified atom stereocenters. The average molecular weight is 508 g/mol. The molecular formula is C21H21IN2O5. The molecule has 1 amide bonds. The fraction of sp³-hybridized carbons (Fsp3) is 0.238. The molecule has 2 aromatic rings. The summed E-state index contributed by atoms with van der Waals surface area (Å²) in [5, 5.41) is 4.02. The standard InChI is InChI=1S/C21H21IN2O5/c1-5-9-29-20-16(22)10-14(11-19(20)28-6-2)13-23-24-21(25)15-7-8-17(26-3)18(12-15)27-4/h1,7-8,10-13H,6,9H2,2-4H3,(H,24,25)/b23-13+. The zero-order valence-corrected chi connectivity index (χ0v) is 18.5. The number of ether oxygens (including phenoxy) is 4. The predicted molar refractivity (Wildman–Crippen MR) is 119 cm³/mol. The zero-order chi connectivity index (χ0) is 21.2. The van der Waals surface area contributed by atoms with E-state index in [0.717, 1.165) is 9.13 Å². The molecule has 152 valence electrons. The number of hydrogen-bond acceptors (Lipinski definition) is 6. The number of terminal acetylenes is 1. The van der Waals surface area contributed by atoms with E-state index in [9.17, 15) is 4.79 Å². The van der Waals surface area contributed by atoms with E-state index in [1.807, 2.05) is 13.0 Å². The van der Waals surface area contributed by atoms with Crippen molar-refractivity contribution in [2.24, 2.45) is 5.10 Å². The van der Waals surface area contributed by atoms with Crippen LogP contribution in [-0.4, -0.2) is 39.6 Å². The molecular weight excluding hydrogens is 487 g/mol. The number of rotatable bonds is 9. The molecule has 0 aliphatic rings. The molecule has 0 fully saturated rings. The largest absolute Gasteiger partial charge is 0.493 e. The van der Waals surface area contributed by atoms with E-state index >= 15 is 0 Å². The van der Waals surface area contributed by atoms with E-state index in [2.05, 4.69) is 39.0 Å². The van der Waals surface area contributed by atoms with Gasteiger partial charge in [-0.15, -0.1) is 6.42 Å². The molecule has 0 atom stereocenters. The highest BCUT2D eigenvalue weighted by atomic mass is 127. The Morgan fingerprint density at radius 1 is 1.17 bits per heavy atom. The Morgan fingerprint density at radius 2 is 1.93 bits per heavy atom. The quantitative estimate of drug-likeness (QED) is 0.243. The van der Waals surface area contributed by atoms with Gasteiger partial charge in [0.2, 0.25) is 0 Å². The summed E-state index contributed by atoms with van der Waals surface area (Å²) in [6.45, 7) is 2.49. The first-order chi connectivity index (χ1) is 14.0. The summed E-state index contributed by atoms with van der Waals surface area (Å²) in [6.07, 6.45) is 6.78. The van der Waals surface area contributed by atoms with Crippen molar-refractivity contribution in [3.05, 3.63) is 45.0 Å². The van der Waals surface area contributed by atoms with E-state index in [-0.39, 0.29) is 12.5 Å². The minimum absolute atomic E-state index is 0.144. The molecule has 8 heteroatoms. The van der Waals surface area contributed by atoms with Crippen molar-refractivity contribution in [2.45, 2.75) is 6.92 Å². The van der Waals surface area contributed by atoms with Crippen LogP contribution < -0.4 is 24.4 Å². The second-order valence-corrected chi connectivity index (χ2v) is 6.69. The van der Waals surface area contributed by atoms with Gasteiger partial charge in [-0.3, -0.25) is 4.79 Å². The summed E-state index contributed by atoms with van der Waals surface area (Å²) in [4.78, 5) is 12.3. The third-order valence-corrected chi connectivity index (χ3v) is 4.46. The maximum atomic E-state index is 12.3. The van der Waals surface area contributed by atoms with Gasteiger partial charge >= 0.3 is 0 Å². The maximum Gasteiger partial charge on any atom is 0.271 e. The summed E-state index contributed by atoms with van der Waals surface area (Å²) in [5.41, 5.74) is 3.62. The monoisotopic (exact) mass is 508 g/mol. The van der Waals surface area contributed by atoms with Gasteiger partial charge in [-0.05, 0) is 65.4 Å². The molecule has 7 nitrogen and oxygen atoms in total. The third-order valence-electron chi connectivity index (χ3n) is 3.66. The van der Waals surface area contributed by atoms with Crippen LogP contribution in [0.3, 0.4) is 0 Å². The van der Waals surface area contributed by atoms with Gasteiger partial charge in [-0.1, -0.05) is 5.92 Å². The first kappa shape index (κ1) is 22.4. The van der Waals surface area contributed by atoms with Gasteiger partial charge in [-0.25, -0.2) is 5.43 Å². The van der Waals surface area contributed by atoms with E-state index in [1.165, 1.54) is 20.4 Å². The smallest absolute Gasteiger partial charge is 0.271 e. The number of carbonyl (C=O) groups is 1. The Hall–Kier alpha value is -2.93. The molecule has 0 bridgehead atoms. The van der Waals surface area contributed by atoms with Crippen LogP contribution in [0.2, 0.25) is 0 Å². The number of halogens is 1. The Labute approximate surface area is 183 Å². The predicted octanol–water partition coefficient (Wildman–Crippen LogP) is 3.48. The number of methoxy groups -OCH3 is 2. The molecule has 0 aliphatic heterocycles. The van der Waals surface area contributed by atoms with Gasteiger partial charge in [0.25, 0.3) is 5.91 Å². The van der Waals surface area contributed by atoms with Crippen molar-refractivity contribution in [3.8, 4) is 35.3 Å². The van der Waals surface area contributed by atoms with Crippen LogP contribution in [-0.2, 0) is 0 Å². The SMILES string of the molecule is C#CCOc1c(I)cc(/C=N/NC(=O)c2ccc(OC)c(OC)c2)cc1OCC. The number of carbonyl (C=O) groups excluding carboxylic acids is 1. The van der Waals surface area contributed by atoms with Gasteiger partial charge in [0, 0.05) is 5.56 Å². The molecule has 0 heterocycles. The number of hydrogen-bond donors (Lipinski definition) is 1. The summed E-state index contributed by atoms with van der Waals surface area (Å²) in [6, 6.07) is 8.48. The van der Waals surface area contributed by atoms with Gasteiger partial charge in [0.1, 0.15) is 6.61 Å². The van der Waals surface area contributed by atoms with Crippen LogP contribution in [0.5, 0.6) is 23.0 Å². The van der Waals surface area contributed by atoms with Gasteiger partial charge in [0.15, 0.2) is 23.0 Å². The third kappa shape index (κ3) is 6.02. The normalized spacial score (nSPS) is 10.3. The highest BCUT2D eigenvalue weighted by Crippen LogP contribution is 2.34. The fourth-order valence-electron chi connectivity index (χ4n) is 2.39. The number of nitrogens with zero attached hydrogens (tertiary/aromatic N) is 1. The molecule has 29 heavy (non-hydrogen) atoms. The lowest BCUT2D eigenvalue weighted by Gasteiger charge is -2.13. The van der Waals surface area contributed by atoms with Crippen molar-refractivity contribution >= 4 is 34.7 Å². The van der Waals surface area contributed by atoms with Crippen LogP contribution >= 0.6 is 22.6 Å². The second kappa shape index (κ2) is 11.2. The van der Waals surface area contributed by atoms with Crippen molar-refractivity contribution in [2.75, 3.05) is 27.4 Å². The Bertz CT molecular complexity index is 937. The number of amides is 1. The summed E-state index contributed by atoms with van der Waals surface area (Å²) in [5.74, 6) is 4.19. The average Bonchev–Trinajstić information content (AvgIpc) is 2.72. The molecule has 0 aromatic heterocycles. The summed E-state index contributed by atoms with van der Waals surface area (Å²) < 4.78 is 22.4. The Kier molecular flexibility index (Phi) is 8.61. The van der Waals surface area contributed by atoms with Gasteiger partial charge in [-0.2, -0.15) is 5.10 Å². The van der Waals surface area contributed by atoms with Crippen molar-refractivity contribution in [3.63, 3.8) is 0 Å². The minimum Gasteiger partial charge on any atom is -0.493 e. The summed E-state index contributed by atoms with van der Waals surface area (Å²) >= 11 is 2.13. The minimum atomic E-state index is -0.379. The molecule has 0 saturated heterocycles. The van der Waals surface area contributed by atoms with E-state index in [1.54, 1.807) is 24.3 Å². The highest BCUT2D eigenvalue weighted by Gasteiger charge is 2.12. The van der Waals surface area contributed by atoms with E-state index < -0.39 is 0 Å². The maximum absolute atomic E-state index is 12.3. The summed E-state index contributed by atoms with van der Waals surface area (Å²) in [7, 11) is 3.04. The van der Waals surface area contributed by atoms with Crippen molar-refractivity contribution in [1.82, 2.24) is 5.43 Å². The van der Waals surface area contributed by atoms with Crippen molar-refractivity contribution < 1.29 is 23.7 Å². The number of hydrazone groups is 1. The highest BCUT2D eigenvalue weighted by molar-refractivity contribution is 14.1. The first-order valence-corrected chi connectivity index (χ1v) is 9.69. The Morgan fingerprint density at radius 3 is 2.59 bits per heavy atom. The van der Waals surface area contributed by atoms with Crippen molar-refractivity contribution in [1.29, 1.82) is 0 Å². The molecule has 0 radical (unpaired) electrons. The van der Waals surface area contributed by atoms with Crippen LogP contribution in [0.15, 0.2) is 35.4 Å². The lowest BCUT2D eigenvalue weighted by Crippen LogP contribution is -2.17. The van der Waals surface area contributed by atoms with Crippen LogP contribution in [0.4, 0.5) is 0 Å². The second-order valence-electron chi connectivity index (χ2n) is 5.52. The van der Waals surface area contributed by atoms with Crippen LogP contribution in [0.25, 0.3) is 0 Å². The number of nitrogens with one attached hydrogen (secondary N) is 1. The number of benzene rings is 2. The molecule has 0 aliphatic carbocycles. The van der Waals surface area contributed by atoms with E-state index in [0.29, 0.717) is 35.2 Å².